The fourth-order valence-electron chi connectivity index (χ4n) is 3.32. The van der Waals surface area contributed by atoms with E-state index in [0.717, 1.165) is 12.0 Å². The third kappa shape index (κ3) is 3.84. The fourth-order valence-corrected chi connectivity index (χ4v) is 3.45. The third-order valence-electron chi connectivity index (χ3n) is 5.04. The van der Waals surface area contributed by atoms with Crippen molar-refractivity contribution in [1.82, 2.24) is 0 Å². The molecule has 0 unspecified atom stereocenters. The highest BCUT2D eigenvalue weighted by atomic mass is 35.5. The summed E-state index contributed by atoms with van der Waals surface area (Å²) in [7, 11) is 0. The predicted molar refractivity (Wildman–Crippen MR) is 104 cm³/mol. The molecule has 0 heterocycles. The quantitative estimate of drug-likeness (QED) is 0.444. The zero-order chi connectivity index (χ0) is 20.3. The van der Waals surface area contributed by atoms with Gasteiger partial charge in [0.1, 0.15) is 5.69 Å². The van der Waals surface area contributed by atoms with Crippen LogP contribution in [-0.2, 0) is 19.7 Å². The number of amides is 1. The van der Waals surface area contributed by atoms with E-state index in [4.69, 9.17) is 16.3 Å². The van der Waals surface area contributed by atoms with Crippen LogP contribution in [0.1, 0.15) is 30.4 Å². The number of esters is 1. The first kappa shape index (κ1) is 19.8. The van der Waals surface area contributed by atoms with Crippen LogP contribution in [-0.4, -0.2) is 23.4 Å². The number of hydrogen-bond donors (Lipinski definition) is 1. The fraction of sp³-hybridized carbons (Fsp3) is 0.300. The number of ether oxygens (including phenoxy) is 1. The van der Waals surface area contributed by atoms with Gasteiger partial charge in [-0.3, -0.25) is 19.7 Å². The molecule has 0 radical (unpaired) electrons. The summed E-state index contributed by atoms with van der Waals surface area (Å²) >= 11 is 5.91. The second kappa shape index (κ2) is 7.98. The highest BCUT2D eigenvalue weighted by Crippen LogP contribution is 2.45. The highest BCUT2D eigenvalue weighted by Gasteiger charge is 2.47. The van der Waals surface area contributed by atoms with Gasteiger partial charge in [-0.1, -0.05) is 42.3 Å². The standard InChI is InChI=1S/C20H19ClN2O5/c1-13-4-2-5-16(23(26)27)18(13)22-17(24)12-28-19(25)20(10-3-11-20)14-6-8-15(21)9-7-14/h2,4-9H,3,10-12H2,1H3,(H,22,24). The molecule has 0 aliphatic heterocycles. The van der Waals surface area contributed by atoms with E-state index in [1.807, 2.05) is 0 Å². The van der Waals surface area contributed by atoms with Gasteiger partial charge in [-0.15, -0.1) is 0 Å². The second-order valence-electron chi connectivity index (χ2n) is 6.79. The summed E-state index contributed by atoms with van der Waals surface area (Å²) in [4.78, 5) is 35.5. The zero-order valence-electron chi connectivity index (χ0n) is 15.2. The Hall–Kier alpha value is -2.93. The molecule has 7 nitrogen and oxygen atoms in total. The Labute approximate surface area is 166 Å². The summed E-state index contributed by atoms with van der Waals surface area (Å²) in [6, 6.07) is 11.5. The number of nitrogens with one attached hydrogen (secondary N) is 1. The summed E-state index contributed by atoms with van der Waals surface area (Å²) in [5.41, 5.74) is 0.481. The van der Waals surface area contributed by atoms with E-state index in [9.17, 15) is 19.7 Å². The maximum absolute atomic E-state index is 12.7. The van der Waals surface area contributed by atoms with Gasteiger partial charge in [0.15, 0.2) is 6.61 Å². The van der Waals surface area contributed by atoms with Gasteiger partial charge >= 0.3 is 5.97 Å². The summed E-state index contributed by atoms with van der Waals surface area (Å²) in [5.74, 6) is -1.10. The average Bonchev–Trinajstić information content (AvgIpc) is 2.62. The molecule has 3 rings (SSSR count). The minimum absolute atomic E-state index is 0.101. The van der Waals surface area contributed by atoms with E-state index in [-0.39, 0.29) is 11.4 Å². The number of hydrogen-bond acceptors (Lipinski definition) is 5. The van der Waals surface area contributed by atoms with Crippen molar-refractivity contribution in [2.24, 2.45) is 0 Å². The van der Waals surface area contributed by atoms with Crippen molar-refractivity contribution < 1.29 is 19.2 Å². The number of carbonyl (C=O) groups is 2. The molecule has 0 spiro atoms. The van der Waals surface area contributed by atoms with Crippen LogP contribution >= 0.6 is 11.6 Å². The number of carbonyl (C=O) groups excluding carboxylic acids is 2. The van der Waals surface area contributed by atoms with Crippen LogP contribution in [0, 0.1) is 17.0 Å². The Morgan fingerprint density at radius 3 is 2.46 bits per heavy atom. The van der Waals surface area contributed by atoms with Gasteiger partial charge in [0.25, 0.3) is 11.6 Å². The van der Waals surface area contributed by atoms with Gasteiger partial charge in [0.2, 0.25) is 0 Å². The first-order valence-electron chi connectivity index (χ1n) is 8.80. The molecule has 2 aromatic carbocycles. The van der Waals surface area contributed by atoms with Crippen molar-refractivity contribution in [2.45, 2.75) is 31.6 Å². The molecular formula is C20H19ClN2O5. The molecule has 0 saturated heterocycles. The molecule has 1 aliphatic carbocycles. The molecule has 28 heavy (non-hydrogen) atoms. The van der Waals surface area contributed by atoms with Crippen LogP contribution in [0.3, 0.4) is 0 Å². The van der Waals surface area contributed by atoms with Crippen molar-refractivity contribution in [3.8, 4) is 0 Å². The summed E-state index contributed by atoms with van der Waals surface area (Å²) in [5, 5.41) is 14.2. The number of aryl methyl sites for hydroxylation is 1. The molecule has 2 aromatic rings. The maximum atomic E-state index is 12.7. The monoisotopic (exact) mass is 402 g/mol. The van der Waals surface area contributed by atoms with E-state index in [0.29, 0.717) is 23.4 Å². The molecule has 1 amide bonds. The van der Waals surface area contributed by atoms with Crippen molar-refractivity contribution in [3.63, 3.8) is 0 Å². The van der Waals surface area contributed by atoms with Crippen LogP contribution in [0.2, 0.25) is 5.02 Å². The molecule has 0 aromatic heterocycles. The van der Waals surface area contributed by atoms with Crippen LogP contribution < -0.4 is 5.32 Å². The first-order chi connectivity index (χ1) is 13.3. The normalized spacial score (nSPS) is 14.6. The van der Waals surface area contributed by atoms with Crippen LogP contribution in [0.5, 0.6) is 0 Å². The van der Waals surface area contributed by atoms with Gasteiger partial charge in [-0.25, -0.2) is 0 Å². The molecule has 0 bridgehead atoms. The lowest BCUT2D eigenvalue weighted by Gasteiger charge is -2.39. The van der Waals surface area contributed by atoms with E-state index in [2.05, 4.69) is 5.32 Å². The Morgan fingerprint density at radius 2 is 1.89 bits per heavy atom. The van der Waals surface area contributed by atoms with Crippen molar-refractivity contribution in [3.05, 3.63) is 68.7 Å². The summed E-state index contributed by atoms with van der Waals surface area (Å²) in [6.45, 7) is 1.14. The first-order valence-corrected chi connectivity index (χ1v) is 9.18. The largest absolute Gasteiger partial charge is 0.455 e. The van der Waals surface area contributed by atoms with E-state index in [1.54, 1.807) is 37.3 Å². The van der Waals surface area contributed by atoms with Crippen LogP contribution in [0.4, 0.5) is 11.4 Å². The molecular weight excluding hydrogens is 384 g/mol. The van der Waals surface area contributed by atoms with Gasteiger partial charge in [-0.05, 0) is 43.0 Å². The van der Waals surface area contributed by atoms with E-state index >= 15 is 0 Å². The second-order valence-corrected chi connectivity index (χ2v) is 7.23. The van der Waals surface area contributed by atoms with Gasteiger partial charge in [-0.2, -0.15) is 0 Å². The number of anilines is 1. The lowest BCUT2D eigenvalue weighted by atomic mass is 9.64. The SMILES string of the molecule is Cc1cccc([N+](=O)[O-])c1NC(=O)COC(=O)C1(c2ccc(Cl)cc2)CCC1. The Balaban J connectivity index is 1.67. The zero-order valence-corrected chi connectivity index (χ0v) is 16.0. The van der Waals surface area contributed by atoms with Crippen molar-refractivity contribution in [2.75, 3.05) is 11.9 Å². The topological polar surface area (TPSA) is 98.5 Å². The number of rotatable bonds is 6. The Morgan fingerprint density at radius 1 is 1.21 bits per heavy atom. The Bertz CT molecular complexity index is 923. The van der Waals surface area contributed by atoms with Gasteiger partial charge < -0.3 is 10.1 Å². The molecule has 1 aliphatic rings. The number of nitro groups is 1. The van der Waals surface area contributed by atoms with Crippen LogP contribution in [0.25, 0.3) is 0 Å². The van der Waals surface area contributed by atoms with Crippen LogP contribution in [0.15, 0.2) is 42.5 Å². The lowest BCUT2D eigenvalue weighted by molar-refractivity contribution is -0.384. The molecule has 146 valence electrons. The Kier molecular flexibility index (Phi) is 5.65. The lowest BCUT2D eigenvalue weighted by Crippen LogP contribution is -2.44. The number of nitro benzene ring substituents is 1. The predicted octanol–water partition coefficient (Wildman–Crippen LogP) is 4.16. The van der Waals surface area contributed by atoms with Gasteiger partial charge in [0.05, 0.1) is 10.3 Å². The molecule has 8 heteroatoms. The summed E-state index contributed by atoms with van der Waals surface area (Å²) < 4.78 is 5.25. The number of halogens is 1. The minimum atomic E-state index is -0.764. The number of benzene rings is 2. The molecule has 1 N–H and O–H groups in total. The minimum Gasteiger partial charge on any atom is -0.455 e. The molecule has 1 fully saturated rings. The number of para-hydroxylation sites is 1. The highest BCUT2D eigenvalue weighted by molar-refractivity contribution is 6.30. The van der Waals surface area contributed by atoms with E-state index in [1.165, 1.54) is 12.1 Å². The van der Waals surface area contributed by atoms with Crippen molar-refractivity contribution >= 4 is 34.9 Å². The third-order valence-corrected chi connectivity index (χ3v) is 5.29. The van der Waals surface area contributed by atoms with Crippen molar-refractivity contribution in [1.29, 1.82) is 0 Å². The molecule has 0 atom stereocenters. The average molecular weight is 403 g/mol. The number of nitrogens with zero attached hydrogens (tertiary/aromatic N) is 1. The maximum Gasteiger partial charge on any atom is 0.317 e. The van der Waals surface area contributed by atoms with E-state index < -0.39 is 28.8 Å². The smallest absolute Gasteiger partial charge is 0.317 e. The van der Waals surface area contributed by atoms with Gasteiger partial charge in [0, 0.05) is 11.1 Å². The summed E-state index contributed by atoms with van der Waals surface area (Å²) in [6.07, 6.45) is 2.16. The molecule has 1 saturated carbocycles.